The van der Waals surface area contributed by atoms with Crippen LogP contribution in [0.4, 0.5) is 4.39 Å². The lowest BCUT2D eigenvalue weighted by Crippen LogP contribution is -2.10. The Hall–Kier alpha value is -1.47. The van der Waals surface area contributed by atoms with Gasteiger partial charge in [-0.3, -0.25) is 4.57 Å². The highest BCUT2D eigenvalue weighted by Crippen LogP contribution is 2.28. The Balaban J connectivity index is 2.76. The summed E-state index contributed by atoms with van der Waals surface area (Å²) in [6.45, 7) is 5.29. The monoisotopic (exact) mass is 317 g/mol. The van der Waals surface area contributed by atoms with Crippen molar-refractivity contribution in [3.63, 3.8) is 0 Å². The van der Waals surface area contributed by atoms with Crippen molar-refractivity contribution in [3.8, 4) is 11.4 Å². The van der Waals surface area contributed by atoms with Gasteiger partial charge in [-0.25, -0.2) is 12.8 Å². The zero-order valence-corrected chi connectivity index (χ0v) is 12.7. The first kappa shape index (κ1) is 14.9. The maximum Gasteiger partial charge on any atom is 0.296 e. The van der Waals surface area contributed by atoms with E-state index in [2.05, 4.69) is 10.2 Å². The predicted molar refractivity (Wildman–Crippen MR) is 73.6 cm³/mol. The van der Waals surface area contributed by atoms with Gasteiger partial charge in [0, 0.05) is 16.7 Å². The average Bonchev–Trinajstić information content (AvgIpc) is 2.76. The largest absolute Gasteiger partial charge is 0.296 e. The van der Waals surface area contributed by atoms with Gasteiger partial charge in [-0.1, -0.05) is 11.6 Å². The maximum absolute atomic E-state index is 13.9. The summed E-state index contributed by atoms with van der Waals surface area (Å²) in [5.41, 5.74) is 1.02. The minimum absolute atomic E-state index is 0.139. The Bertz CT molecular complexity index is 756. The van der Waals surface area contributed by atoms with E-state index in [0.717, 1.165) is 5.56 Å². The number of halogens is 2. The SMILES string of the molecule is Cc1ccc(F)c(-c2nnc(S(=O)(=O)Cl)n2C(C)C)c1. The second-order valence-electron chi connectivity index (χ2n) is 4.69. The van der Waals surface area contributed by atoms with Crippen LogP contribution in [-0.4, -0.2) is 23.2 Å². The number of aromatic nitrogens is 3. The van der Waals surface area contributed by atoms with Crippen LogP contribution in [0.25, 0.3) is 11.4 Å². The summed E-state index contributed by atoms with van der Waals surface area (Å²) < 4.78 is 38.3. The lowest BCUT2D eigenvalue weighted by atomic mass is 10.1. The molecule has 20 heavy (non-hydrogen) atoms. The van der Waals surface area contributed by atoms with Crippen molar-refractivity contribution in [1.29, 1.82) is 0 Å². The molecule has 2 aromatic rings. The molecule has 5 nitrogen and oxygen atoms in total. The third-order valence-corrected chi connectivity index (χ3v) is 3.89. The molecule has 0 N–H and O–H groups in total. The van der Waals surface area contributed by atoms with E-state index < -0.39 is 14.9 Å². The van der Waals surface area contributed by atoms with Crippen LogP contribution in [0.5, 0.6) is 0 Å². The van der Waals surface area contributed by atoms with Crippen LogP contribution in [0.3, 0.4) is 0 Å². The number of nitrogens with zero attached hydrogens (tertiary/aromatic N) is 3. The molecule has 0 saturated heterocycles. The molecule has 0 radical (unpaired) electrons. The summed E-state index contributed by atoms with van der Waals surface area (Å²) in [6, 6.07) is 4.22. The van der Waals surface area contributed by atoms with E-state index in [1.165, 1.54) is 10.6 Å². The Kier molecular flexibility index (Phi) is 3.84. The molecule has 0 aliphatic heterocycles. The standard InChI is InChI=1S/C12H13ClFN3O2S/c1-7(2)17-11(15-16-12(17)20(13,18)19)9-6-8(3)4-5-10(9)14/h4-7H,1-3H3. The van der Waals surface area contributed by atoms with Crippen LogP contribution < -0.4 is 0 Å². The van der Waals surface area contributed by atoms with Crippen LogP contribution in [0.15, 0.2) is 23.4 Å². The molecule has 0 saturated carbocycles. The van der Waals surface area contributed by atoms with E-state index >= 15 is 0 Å². The summed E-state index contributed by atoms with van der Waals surface area (Å²) in [4.78, 5) is 0. The molecule has 0 aliphatic rings. The summed E-state index contributed by atoms with van der Waals surface area (Å²) >= 11 is 0. The van der Waals surface area contributed by atoms with Gasteiger partial charge in [0.15, 0.2) is 5.82 Å². The molecule has 2 rings (SSSR count). The third-order valence-electron chi connectivity index (χ3n) is 2.76. The van der Waals surface area contributed by atoms with Gasteiger partial charge in [-0.2, -0.15) is 0 Å². The summed E-state index contributed by atoms with van der Waals surface area (Å²) in [5, 5.41) is 6.98. The van der Waals surface area contributed by atoms with Gasteiger partial charge in [-0.05, 0) is 32.9 Å². The van der Waals surface area contributed by atoms with E-state index in [9.17, 15) is 12.8 Å². The molecule has 108 valence electrons. The van der Waals surface area contributed by atoms with Crippen LogP contribution in [0.2, 0.25) is 0 Å². The molecule has 8 heteroatoms. The molecule has 0 bridgehead atoms. The maximum atomic E-state index is 13.9. The molecule has 1 heterocycles. The quantitative estimate of drug-likeness (QED) is 0.816. The Morgan fingerprint density at radius 1 is 1.30 bits per heavy atom. The first-order chi connectivity index (χ1) is 9.21. The molecule has 0 unspecified atom stereocenters. The summed E-state index contributed by atoms with van der Waals surface area (Å²) in [5.74, 6) is -0.358. The minimum atomic E-state index is -4.05. The van der Waals surface area contributed by atoms with Gasteiger partial charge in [0.25, 0.3) is 14.2 Å². The zero-order chi connectivity index (χ0) is 15.1. The Morgan fingerprint density at radius 3 is 2.50 bits per heavy atom. The first-order valence-corrected chi connectivity index (χ1v) is 8.19. The number of benzene rings is 1. The lowest BCUT2D eigenvalue weighted by molar-refractivity contribution is 0.528. The fourth-order valence-corrected chi connectivity index (χ4v) is 2.89. The molecule has 0 amide bonds. The number of aryl methyl sites for hydroxylation is 1. The second kappa shape index (κ2) is 5.14. The highest BCUT2D eigenvalue weighted by Gasteiger charge is 2.26. The fraction of sp³-hybridized carbons (Fsp3) is 0.333. The van der Waals surface area contributed by atoms with E-state index in [4.69, 9.17) is 10.7 Å². The average molecular weight is 318 g/mol. The molecule has 0 atom stereocenters. The van der Waals surface area contributed by atoms with Gasteiger partial charge >= 0.3 is 0 Å². The van der Waals surface area contributed by atoms with Gasteiger partial charge in [-0.15, -0.1) is 10.2 Å². The highest BCUT2D eigenvalue weighted by atomic mass is 35.7. The van der Waals surface area contributed by atoms with Crippen molar-refractivity contribution in [2.24, 2.45) is 0 Å². The molecule has 1 aromatic heterocycles. The van der Waals surface area contributed by atoms with E-state index in [1.54, 1.807) is 32.9 Å². The van der Waals surface area contributed by atoms with Crippen molar-refractivity contribution in [2.45, 2.75) is 32.0 Å². The molecular weight excluding hydrogens is 305 g/mol. The summed E-state index contributed by atoms with van der Waals surface area (Å²) in [6.07, 6.45) is 0. The van der Waals surface area contributed by atoms with Crippen molar-refractivity contribution in [1.82, 2.24) is 14.8 Å². The summed E-state index contributed by atoms with van der Waals surface area (Å²) in [7, 11) is 1.29. The normalized spacial score (nSPS) is 12.1. The van der Waals surface area contributed by atoms with Crippen molar-refractivity contribution < 1.29 is 12.8 Å². The van der Waals surface area contributed by atoms with Crippen molar-refractivity contribution in [2.75, 3.05) is 0 Å². The van der Waals surface area contributed by atoms with Gasteiger partial charge in [0.1, 0.15) is 5.82 Å². The molecule has 1 aromatic carbocycles. The van der Waals surface area contributed by atoms with E-state index in [1.807, 2.05) is 0 Å². The zero-order valence-electron chi connectivity index (χ0n) is 11.1. The predicted octanol–water partition coefficient (Wildman–Crippen LogP) is 2.90. The molecule has 0 spiro atoms. The van der Waals surface area contributed by atoms with E-state index in [0.29, 0.717) is 0 Å². The second-order valence-corrected chi connectivity index (χ2v) is 7.15. The minimum Gasteiger partial charge on any atom is -0.294 e. The first-order valence-electron chi connectivity index (χ1n) is 5.88. The number of hydrogen-bond acceptors (Lipinski definition) is 4. The van der Waals surface area contributed by atoms with Crippen LogP contribution >= 0.6 is 10.7 Å². The van der Waals surface area contributed by atoms with Crippen LogP contribution in [0.1, 0.15) is 25.5 Å². The van der Waals surface area contributed by atoms with E-state index in [-0.39, 0.29) is 22.6 Å². The van der Waals surface area contributed by atoms with Gasteiger partial charge in [0.05, 0.1) is 5.56 Å². The van der Waals surface area contributed by atoms with Crippen molar-refractivity contribution >= 4 is 19.7 Å². The smallest absolute Gasteiger partial charge is 0.294 e. The van der Waals surface area contributed by atoms with Crippen molar-refractivity contribution in [3.05, 3.63) is 29.6 Å². The van der Waals surface area contributed by atoms with Gasteiger partial charge < -0.3 is 0 Å². The Morgan fingerprint density at radius 2 is 1.95 bits per heavy atom. The van der Waals surface area contributed by atoms with Crippen LogP contribution in [-0.2, 0) is 9.05 Å². The van der Waals surface area contributed by atoms with Gasteiger partial charge in [0.2, 0.25) is 0 Å². The Labute approximate surface area is 120 Å². The third kappa shape index (κ3) is 2.69. The highest BCUT2D eigenvalue weighted by molar-refractivity contribution is 8.13. The fourth-order valence-electron chi connectivity index (χ4n) is 1.90. The molecule has 0 fully saturated rings. The van der Waals surface area contributed by atoms with Crippen LogP contribution in [0, 0.1) is 12.7 Å². The topological polar surface area (TPSA) is 64.8 Å². The molecule has 0 aliphatic carbocycles. The number of rotatable bonds is 3. The lowest BCUT2D eigenvalue weighted by Gasteiger charge is -2.13. The number of hydrogen-bond donors (Lipinski definition) is 0. The molecular formula is C12H13ClFN3O2S.